The van der Waals surface area contributed by atoms with Gasteiger partial charge in [-0.2, -0.15) is 0 Å². The second-order valence-electron chi connectivity index (χ2n) is 10.8. The number of nitrogens with one attached hydrogen (secondary N) is 1. The average molecular weight is 507 g/mol. The van der Waals surface area contributed by atoms with Crippen LogP contribution in [0.1, 0.15) is 38.7 Å². The Morgan fingerprint density at radius 1 is 1.08 bits per heavy atom. The summed E-state index contributed by atoms with van der Waals surface area (Å²) in [5.74, 6) is 1.46. The number of rotatable bonds is 5. The molecule has 1 unspecified atom stereocenters. The second kappa shape index (κ2) is 9.44. The van der Waals surface area contributed by atoms with Gasteiger partial charge in [0.2, 0.25) is 15.0 Å². The standard InChI is InChI=1S/C27H34N6O2S/c1-27(2,3)20-10-8-19(9-11-20)25-30-22-6-5-7-23(24(22)31-25)33-16-14-32(15-17-33)18-21-12-13-28-26(29-21)36(4,34)35/h5-10,12-13,20H,11,14-18H2,1-4H3,(H,30,31). The highest BCUT2D eigenvalue weighted by atomic mass is 32.2. The minimum Gasteiger partial charge on any atom is -0.367 e. The second-order valence-corrected chi connectivity index (χ2v) is 12.8. The molecule has 1 saturated heterocycles. The van der Waals surface area contributed by atoms with Crippen molar-refractivity contribution >= 4 is 32.1 Å². The molecule has 3 aromatic rings. The number of allylic oxidation sites excluding steroid dienone is 4. The van der Waals surface area contributed by atoms with Crippen LogP contribution in [0.2, 0.25) is 0 Å². The minimum atomic E-state index is -3.41. The van der Waals surface area contributed by atoms with Crippen molar-refractivity contribution in [2.45, 2.75) is 38.9 Å². The van der Waals surface area contributed by atoms with E-state index in [-0.39, 0.29) is 10.6 Å². The maximum absolute atomic E-state index is 11.8. The van der Waals surface area contributed by atoms with Crippen LogP contribution in [0.4, 0.5) is 5.69 Å². The first-order chi connectivity index (χ1) is 17.1. The third kappa shape index (κ3) is 5.22. The lowest BCUT2D eigenvalue weighted by atomic mass is 9.76. The predicted molar refractivity (Wildman–Crippen MR) is 143 cm³/mol. The van der Waals surface area contributed by atoms with Crippen molar-refractivity contribution in [2.24, 2.45) is 11.3 Å². The number of hydrogen-bond acceptors (Lipinski definition) is 7. The molecule has 36 heavy (non-hydrogen) atoms. The van der Waals surface area contributed by atoms with Gasteiger partial charge in [-0.25, -0.2) is 23.4 Å². The van der Waals surface area contributed by atoms with Gasteiger partial charge in [-0.15, -0.1) is 0 Å². The Morgan fingerprint density at radius 2 is 1.86 bits per heavy atom. The molecule has 190 valence electrons. The van der Waals surface area contributed by atoms with Crippen LogP contribution >= 0.6 is 0 Å². The topological polar surface area (TPSA) is 95.1 Å². The van der Waals surface area contributed by atoms with Crippen LogP contribution in [0.3, 0.4) is 0 Å². The fraction of sp³-hybridized carbons (Fsp3) is 0.444. The van der Waals surface area contributed by atoms with E-state index in [1.54, 1.807) is 6.07 Å². The summed E-state index contributed by atoms with van der Waals surface area (Å²) in [5, 5.41) is -0.114. The largest absolute Gasteiger partial charge is 0.367 e. The van der Waals surface area contributed by atoms with Crippen molar-refractivity contribution in [3.63, 3.8) is 0 Å². The summed E-state index contributed by atoms with van der Waals surface area (Å²) in [6.45, 7) is 10.9. The number of piperazine rings is 1. The van der Waals surface area contributed by atoms with Crippen LogP contribution in [0.25, 0.3) is 16.6 Å². The number of fused-ring (bicyclic) bond motifs is 1. The molecule has 2 aliphatic rings. The molecule has 9 heteroatoms. The van der Waals surface area contributed by atoms with Crippen LogP contribution in [0.15, 0.2) is 53.8 Å². The monoisotopic (exact) mass is 506 g/mol. The van der Waals surface area contributed by atoms with Crippen LogP contribution in [-0.4, -0.2) is 65.7 Å². The molecule has 5 rings (SSSR count). The van der Waals surface area contributed by atoms with E-state index < -0.39 is 9.84 Å². The molecular formula is C27H34N6O2S. The van der Waals surface area contributed by atoms with Crippen LogP contribution in [-0.2, 0) is 16.4 Å². The smallest absolute Gasteiger partial charge is 0.247 e. The Morgan fingerprint density at radius 3 is 2.53 bits per heavy atom. The first kappa shape index (κ1) is 24.6. The third-order valence-electron chi connectivity index (χ3n) is 7.10. The molecule has 3 heterocycles. The zero-order chi connectivity index (χ0) is 25.5. The Hall–Kier alpha value is -3.04. The fourth-order valence-corrected chi connectivity index (χ4v) is 5.41. The van der Waals surface area contributed by atoms with Crippen molar-refractivity contribution in [1.29, 1.82) is 0 Å². The highest BCUT2D eigenvalue weighted by Crippen LogP contribution is 2.36. The van der Waals surface area contributed by atoms with Gasteiger partial charge >= 0.3 is 0 Å². The quantitative estimate of drug-likeness (QED) is 0.521. The summed E-state index contributed by atoms with van der Waals surface area (Å²) in [5.41, 5.74) is 5.35. The van der Waals surface area contributed by atoms with Crippen molar-refractivity contribution < 1.29 is 8.42 Å². The lowest BCUT2D eigenvalue weighted by Gasteiger charge is -2.36. The highest BCUT2D eigenvalue weighted by Gasteiger charge is 2.25. The molecule has 0 bridgehead atoms. The summed E-state index contributed by atoms with van der Waals surface area (Å²) in [7, 11) is -3.41. The molecule has 1 aromatic carbocycles. The summed E-state index contributed by atoms with van der Waals surface area (Å²) in [6.07, 6.45) is 10.5. The number of nitrogens with zero attached hydrogens (tertiary/aromatic N) is 5. The van der Waals surface area contributed by atoms with Crippen molar-refractivity contribution in [1.82, 2.24) is 24.8 Å². The number of sulfone groups is 1. The molecule has 1 fully saturated rings. The molecule has 0 amide bonds. The predicted octanol–water partition coefficient (Wildman–Crippen LogP) is 4.08. The molecule has 1 N–H and O–H groups in total. The maximum Gasteiger partial charge on any atom is 0.247 e. The van der Waals surface area contributed by atoms with Gasteiger partial charge in [-0.3, -0.25) is 4.90 Å². The van der Waals surface area contributed by atoms with E-state index in [1.165, 1.54) is 11.9 Å². The van der Waals surface area contributed by atoms with Gasteiger partial charge in [-0.05, 0) is 36.0 Å². The van der Waals surface area contributed by atoms with Gasteiger partial charge < -0.3 is 9.88 Å². The van der Waals surface area contributed by atoms with E-state index in [4.69, 9.17) is 4.98 Å². The minimum absolute atomic E-state index is 0.114. The van der Waals surface area contributed by atoms with E-state index in [9.17, 15) is 8.42 Å². The summed E-state index contributed by atoms with van der Waals surface area (Å²) < 4.78 is 23.6. The Balaban J connectivity index is 1.28. The number of anilines is 1. The normalized spacial score (nSPS) is 19.6. The lowest BCUT2D eigenvalue weighted by Crippen LogP contribution is -2.46. The number of imidazole rings is 1. The van der Waals surface area contributed by atoms with Gasteiger partial charge in [0.15, 0.2) is 0 Å². The van der Waals surface area contributed by atoms with E-state index in [2.05, 4.69) is 82.0 Å². The van der Waals surface area contributed by atoms with Gasteiger partial charge in [0.05, 0.1) is 22.4 Å². The summed E-state index contributed by atoms with van der Waals surface area (Å²) in [6, 6.07) is 8.08. The zero-order valence-electron chi connectivity index (χ0n) is 21.4. The molecule has 0 spiro atoms. The summed E-state index contributed by atoms with van der Waals surface area (Å²) >= 11 is 0. The molecule has 8 nitrogen and oxygen atoms in total. The number of H-pyrrole nitrogens is 1. The molecule has 0 saturated carbocycles. The maximum atomic E-state index is 11.8. The number of hydrogen-bond donors (Lipinski definition) is 1. The highest BCUT2D eigenvalue weighted by molar-refractivity contribution is 7.90. The van der Waals surface area contributed by atoms with Crippen LogP contribution < -0.4 is 4.90 Å². The Kier molecular flexibility index (Phi) is 6.46. The Labute approximate surface area is 213 Å². The first-order valence-corrected chi connectivity index (χ1v) is 14.3. The van der Waals surface area contributed by atoms with E-state index in [1.807, 2.05) is 0 Å². The average Bonchev–Trinajstić information content (AvgIpc) is 3.28. The van der Waals surface area contributed by atoms with Gasteiger partial charge in [0.1, 0.15) is 5.82 Å². The fourth-order valence-electron chi connectivity index (χ4n) is 4.87. The van der Waals surface area contributed by atoms with E-state index in [0.717, 1.165) is 67.0 Å². The van der Waals surface area contributed by atoms with Crippen LogP contribution in [0.5, 0.6) is 0 Å². The van der Waals surface area contributed by atoms with E-state index in [0.29, 0.717) is 12.5 Å². The van der Waals surface area contributed by atoms with Gasteiger partial charge in [0, 0.05) is 50.7 Å². The molecule has 1 aliphatic heterocycles. The molecule has 2 aromatic heterocycles. The number of para-hydroxylation sites is 1. The van der Waals surface area contributed by atoms with Gasteiger partial charge in [0.25, 0.3) is 0 Å². The molecule has 0 radical (unpaired) electrons. The summed E-state index contributed by atoms with van der Waals surface area (Å²) in [4.78, 5) is 21.3. The van der Waals surface area contributed by atoms with Gasteiger partial charge in [-0.1, -0.05) is 45.1 Å². The molecule has 1 aliphatic carbocycles. The number of benzene rings is 1. The van der Waals surface area contributed by atoms with Crippen molar-refractivity contribution in [3.8, 4) is 0 Å². The SMILES string of the molecule is CC(C)(C)C1C=CC(c2nc3cccc(N4CCN(Cc5ccnc(S(C)(=O)=O)n5)CC4)c3[nH]2)=CC1. The van der Waals surface area contributed by atoms with Crippen LogP contribution in [0, 0.1) is 11.3 Å². The van der Waals surface area contributed by atoms with Crippen molar-refractivity contribution in [3.05, 3.63) is 60.2 Å². The number of aromatic nitrogens is 4. The first-order valence-electron chi connectivity index (χ1n) is 12.4. The number of aromatic amines is 1. The Bertz CT molecular complexity index is 1430. The molecule has 1 atom stereocenters. The molecular weight excluding hydrogens is 472 g/mol. The zero-order valence-corrected chi connectivity index (χ0v) is 22.2. The van der Waals surface area contributed by atoms with E-state index >= 15 is 0 Å². The third-order valence-corrected chi connectivity index (χ3v) is 7.96. The van der Waals surface area contributed by atoms with Crippen molar-refractivity contribution in [2.75, 3.05) is 37.3 Å². The lowest BCUT2D eigenvalue weighted by molar-refractivity contribution is 0.246.